The third kappa shape index (κ3) is 51.5. The van der Waals surface area contributed by atoms with Gasteiger partial charge in [-0.2, -0.15) is 0 Å². The first kappa shape index (κ1) is 54.8. The van der Waals surface area contributed by atoms with Gasteiger partial charge in [-0.25, -0.2) is 4.79 Å². The van der Waals surface area contributed by atoms with Crippen molar-refractivity contribution in [2.45, 2.75) is 183 Å². The second kappa shape index (κ2) is 51.4. The number of aliphatic hydroxyl groups is 4. The van der Waals surface area contributed by atoms with Gasteiger partial charge in [0.1, 0.15) is 12.7 Å². The molecule has 0 aromatic carbocycles. The van der Waals surface area contributed by atoms with E-state index in [1.165, 1.54) is 96.3 Å². The number of hydrogen-bond acceptors (Lipinski definition) is 9. The molecule has 2 rings (SSSR count). The van der Waals surface area contributed by atoms with Crippen molar-refractivity contribution < 1.29 is 44.2 Å². The molecule has 9 nitrogen and oxygen atoms in total. The molecule has 1 unspecified atom stereocenters. The van der Waals surface area contributed by atoms with E-state index in [1.54, 1.807) is 0 Å². The second-order valence-electron chi connectivity index (χ2n) is 12.8. The highest BCUT2D eigenvalue weighted by Crippen LogP contribution is 2.29. The lowest BCUT2D eigenvalue weighted by molar-refractivity contribution is 0.0928. The summed E-state index contributed by atoms with van der Waals surface area (Å²) in [5, 5.41) is 33.6. The fourth-order valence-electron chi connectivity index (χ4n) is 4.58. The topological polar surface area (TPSA) is 135 Å². The van der Waals surface area contributed by atoms with Crippen LogP contribution < -0.4 is 0 Å². The van der Waals surface area contributed by atoms with Crippen LogP contribution >= 0.6 is 0 Å². The van der Waals surface area contributed by atoms with Crippen LogP contribution in [-0.2, 0) is 18.9 Å². The number of unbranched alkanes of at least 4 members (excludes halogenated alkanes) is 9. The predicted molar refractivity (Wildman–Crippen MR) is 205 cm³/mol. The summed E-state index contributed by atoms with van der Waals surface area (Å²) >= 11 is 0. The molecular weight excluding hydrogens is 624 g/mol. The van der Waals surface area contributed by atoms with E-state index in [-0.39, 0.29) is 12.7 Å². The maximum Gasteiger partial charge on any atom is 0.508 e. The van der Waals surface area contributed by atoms with E-state index in [0.717, 1.165) is 57.8 Å². The number of hydrogen-bond donors (Lipinski definition) is 4. The van der Waals surface area contributed by atoms with E-state index in [0.29, 0.717) is 39.0 Å². The molecule has 0 spiro atoms. The molecule has 4 N–H and O–H groups in total. The summed E-state index contributed by atoms with van der Waals surface area (Å²) in [4.78, 5) is 10.2. The third-order valence-corrected chi connectivity index (χ3v) is 8.05. The number of rotatable bonds is 22. The molecule has 1 saturated heterocycles. The monoisotopic (exact) mass is 711 g/mol. The van der Waals surface area contributed by atoms with Crippen LogP contribution in [0.3, 0.4) is 0 Å². The molecule has 0 aromatic rings. The van der Waals surface area contributed by atoms with Crippen LogP contribution in [0.25, 0.3) is 0 Å². The van der Waals surface area contributed by atoms with Crippen molar-refractivity contribution in [3.05, 3.63) is 0 Å². The molecule has 9 heteroatoms. The summed E-state index contributed by atoms with van der Waals surface area (Å²) in [5.41, 5.74) is 0. The lowest BCUT2D eigenvalue weighted by Crippen LogP contribution is -2.16. The Morgan fingerprint density at radius 1 is 0.531 bits per heavy atom. The first-order valence-corrected chi connectivity index (χ1v) is 20.3. The Kier molecular flexibility index (Phi) is 57.5. The number of cyclic esters (lactones) is 2. The van der Waals surface area contributed by atoms with Gasteiger partial charge in [-0.05, 0) is 63.2 Å². The van der Waals surface area contributed by atoms with E-state index in [4.69, 9.17) is 29.9 Å². The molecule has 0 amide bonds. The zero-order valence-electron chi connectivity index (χ0n) is 33.6. The third-order valence-electron chi connectivity index (χ3n) is 8.05. The van der Waals surface area contributed by atoms with Gasteiger partial charge in [-0.15, -0.1) is 0 Å². The molecule has 1 saturated carbocycles. The van der Waals surface area contributed by atoms with Crippen molar-refractivity contribution in [1.82, 2.24) is 0 Å². The van der Waals surface area contributed by atoms with Crippen LogP contribution in [0.15, 0.2) is 0 Å². The highest BCUT2D eigenvalue weighted by atomic mass is 16.8. The number of carbonyl (C=O) groups is 1. The Hall–Kier alpha value is -0.970. The van der Waals surface area contributed by atoms with Gasteiger partial charge >= 0.3 is 6.16 Å². The van der Waals surface area contributed by atoms with E-state index < -0.39 is 6.16 Å². The largest absolute Gasteiger partial charge is 0.508 e. The Morgan fingerprint density at radius 2 is 1.02 bits per heavy atom. The summed E-state index contributed by atoms with van der Waals surface area (Å²) in [6.45, 7) is 19.8. The highest BCUT2D eigenvalue weighted by molar-refractivity contribution is 5.61. The van der Waals surface area contributed by atoms with Crippen molar-refractivity contribution in [2.24, 2.45) is 11.8 Å². The van der Waals surface area contributed by atoms with Crippen molar-refractivity contribution in [3.63, 3.8) is 0 Å². The Labute approximate surface area is 304 Å². The average molecular weight is 711 g/mol. The first-order valence-electron chi connectivity index (χ1n) is 20.3. The summed E-state index contributed by atoms with van der Waals surface area (Å²) in [6, 6.07) is 0. The summed E-state index contributed by atoms with van der Waals surface area (Å²) in [6.07, 6.45) is 23.6. The minimum absolute atomic E-state index is 0.00231. The van der Waals surface area contributed by atoms with Crippen LogP contribution in [0.4, 0.5) is 4.79 Å². The lowest BCUT2D eigenvalue weighted by Gasteiger charge is -2.26. The zero-order valence-corrected chi connectivity index (χ0v) is 33.6. The fraction of sp³-hybridized carbons (Fsp3) is 0.975. The van der Waals surface area contributed by atoms with Gasteiger partial charge in [-0.3, -0.25) is 0 Å². The Balaban J connectivity index is -0.000000250. The Bertz CT molecular complexity index is 524. The SMILES string of the molecule is CCC1CCC(CO)CC1.CCC1COC(=O)O1.CCCCCCCO.CCCCCO.CCCCCOCCCC.CCCOCCO. The van der Waals surface area contributed by atoms with Gasteiger partial charge in [0.05, 0.1) is 13.2 Å². The molecule has 0 aromatic heterocycles. The number of aliphatic hydroxyl groups excluding tert-OH is 4. The van der Waals surface area contributed by atoms with Crippen LogP contribution in [-0.4, -0.2) is 92.1 Å². The molecule has 1 heterocycles. The van der Waals surface area contributed by atoms with Crippen LogP contribution in [0.5, 0.6) is 0 Å². The van der Waals surface area contributed by atoms with Gasteiger partial charge in [0.15, 0.2) is 0 Å². The lowest BCUT2D eigenvalue weighted by atomic mass is 9.81. The van der Waals surface area contributed by atoms with Crippen molar-refractivity contribution in [2.75, 3.05) is 59.5 Å². The fourth-order valence-corrected chi connectivity index (χ4v) is 4.58. The minimum Gasteiger partial charge on any atom is -0.430 e. The van der Waals surface area contributed by atoms with Gasteiger partial charge in [0.2, 0.25) is 0 Å². The molecule has 2 aliphatic rings. The van der Waals surface area contributed by atoms with E-state index in [2.05, 4.69) is 44.1 Å². The van der Waals surface area contributed by atoms with Crippen LogP contribution in [0.1, 0.15) is 177 Å². The summed E-state index contributed by atoms with van der Waals surface area (Å²) in [7, 11) is 0. The standard InChI is InChI=1S/C9H18O.C9H20O.C7H16O.C5H8O3.C5H12O2.C5H12O/c1-2-8-3-5-9(7-10)6-4-8;1-3-5-7-9-10-8-6-4-2;1-2-3-4-5-6-7-8;1-2-4-3-7-5(6)8-4;1-2-4-7-5-3-6;1-2-3-4-5-6/h8-10H,2-7H2,1H3;3-9H2,1-2H3;8H,2-7H2,1H3;4H,2-3H2,1H3;6H,2-5H2,1H3;6H,2-5H2,1H3. The average Bonchev–Trinajstić information content (AvgIpc) is 3.57. The summed E-state index contributed by atoms with van der Waals surface area (Å²) < 4.78 is 19.4. The number of ether oxygens (including phenoxy) is 4. The van der Waals surface area contributed by atoms with E-state index >= 15 is 0 Å². The Morgan fingerprint density at radius 3 is 1.43 bits per heavy atom. The van der Waals surface area contributed by atoms with E-state index in [1.807, 2.05) is 13.8 Å². The summed E-state index contributed by atoms with van der Waals surface area (Å²) in [5.74, 6) is 1.59. The molecule has 0 radical (unpaired) electrons. The van der Waals surface area contributed by atoms with Gasteiger partial charge < -0.3 is 39.4 Å². The van der Waals surface area contributed by atoms with Gasteiger partial charge in [-0.1, -0.05) is 126 Å². The van der Waals surface area contributed by atoms with Crippen LogP contribution in [0.2, 0.25) is 0 Å². The highest BCUT2D eigenvalue weighted by Gasteiger charge is 2.22. The minimum atomic E-state index is -0.531. The molecule has 1 aliphatic heterocycles. The molecule has 0 bridgehead atoms. The van der Waals surface area contributed by atoms with Crippen molar-refractivity contribution in [3.8, 4) is 0 Å². The van der Waals surface area contributed by atoms with E-state index in [9.17, 15) is 4.79 Å². The zero-order chi connectivity index (χ0) is 37.6. The van der Waals surface area contributed by atoms with Gasteiger partial charge in [0, 0.05) is 39.6 Å². The number of carbonyl (C=O) groups excluding carboxylic acids is 1. The molecular formula is C40H86O9. The second-order valence-corrected chi connectivity index (χ2v) is 12.8. The van der Waals surface area contributed by atoms with Crippen molar-refractivity contribution >= 4 is 6.16 Å². The molecule has 49 heavy (non-hydrogen) atoms. The quantitative estimate of drug-likeness (QED) is 0.0640. The maximum absolute atomic E-state index is 10.2. The molecule has 1 atom stereocenters. The maximum atomic E-state index is 10.2. The molecule has 1 aliphatic carbocycles. The predicted octanol–water partition coefficient (Wildman–Crippen LogP) is 9.64. The molecule has 2 fully saturated rings. The normalized spacial score (nSPS) is 17.5. The smallest absolute Gasteiger partial charge is 0.430 e. The van der Waals surface area contributed by atoms with Gasteiger partial charge in [0.25, 0.3) is 0 Å². The first-order chi connectivity index (χ1) is 23.8. The van der Waals surface area contributed by atoms with Crippen molar-refractivity contribution in [1.29, 1.82) is 0 Å². The molecule has 300 valence electrons. The van der Waals surface area contributed by atoms with Crippen LogP contribution in [0, 0.1) is 11.8 Å².